The van der Waals surface area contributed by atoms with Crippen molar-refractivity contribution in [2.75, 3.05) is 20.2 Å². The van der Waals surface area contributed by atoms with E-state index in [4.69, 9.17) is 11.4 Å². The Morgan fingerprint density at radius 1 is 0.846 bits per heavy atom. The van der Waals surface area contributed by atoms with Crippen molar-refractivity contribution in [3.63, 3.8) is 0 Å². The van der Waals surface area contributed by atoms with Crippen LogP contribution in [0.15, 0.2) is 58.5 Å². The summed E-state index contributed by atoms with van der Waals surface area (Å²) in [6.45, 7) is 5.68. The van der Waals surface area contributed by atoms with E-state index in [1.807, 2.05) is 61.0 Å². The maximum atomic E-state index is 6.06. The maximum absolute atomic E-state index is 6.06. The summed E-state index contributed by atoms with van der Waals surface area (Å²) < 4.78 is 17.6. The first-order chi connectivity index (χ1) is 12.6. The molecule has 0 unspecified atom stereocenters. The number of benzene rings is 2. The molecule has 1 aliphatic heterocycles. The average Bonchev–Trinajstić information content (AvgIpc) is 2.63. The molecule has 0 fully saturated rings. The van der Waals surface area contributed by atoms with Gasteiger partial charge in [0.1, 0.15) is 0 Å². The van der Waals surface area contributed by atoms with Gasteiger partial charge in [0.25, 0.3) is 0 Å². The van der Waals surface area contributed by atoms with Gasteiger partial charge < -0.3 is 11.4 Å². The van der Waals surface area contributed by atoms with Crippen LogP contribution in [0.25, 0.3) is 0 Å². The van der Waals surface area contributed by atoms with Crippen LogP contribution in [0.4, 0.5) is 0 Å². The van der Waals surface area contributed by atoms with E-state index in [1.165, 1.54) is 0 Å². The summed E-state index contributed by atoms with van der Waals surface area (Å²) in [6.07, 6.45) is 3.70. The molecular weight excluding hydrogens is 343 g/mol. The van der Waals surface area contributed by atoms with Gasteiger partial charge in [-0.15, -0.1) is 0 Å². The number of para-hydroxylation sites is 2. The molecule has 134 valence electrons. The van der Waals surface area contributed by atoms with Gasteiger partial charge in [0.05, 0.1) is 11.5 Å². The van der Waals surface area contributed by atoms with E-state index in [1.54, 1.807) is 7.11 Å². The topological polar surface area (TPSA) is 52.4 Å². The minimum Gasteiger partial charge on any atom is -0.588 e. The van der Waals surface area contributed by atoms with Gasteiger partial charge in [0.2, 0.25) is 0 Å². The Balaban J connectivity index is 1.98. The molecular formula is C20H23AlN2O3. The molecule has 0 amide bonds. The Kier molecular flexibility index (Phi) is 6.10. The van der Waals surface area contributed by atoms with Crippen LogP contribution in [-0.4, -0.2) is 47.8 Å². The van der Waals surface area contributed by atoms with E-state index in [0.29, 0.717) is 13.1 Å². The van der Waals surface area contributed by atoms with Gasteiger partial charge in [-0.25, -0.2) is 0 Å². The minimum absolute atomic E-state index is 0.0352. The molecule has 26 heavy (non-hydrogen) atoms. The van der Waals surface area contributed by atoms with Crippen molar-refractivity contribution in [2.24, 2.45) is 15.4 Å². The van der Waals surface area contributed by atoms with Crippen molar-refractivity contribution in [1.29, 1.82) is 0 Å². The number of rotatable bonds is 1. The first-order valence-electron chi connectivity index (χ1n) is 8.61. The smallest absolute Gasteiger partial charge is 0.588 e. The molecule has 0 radical (unpaired) electrons. The first-order valence-corrected chi connectivity index (χ1v) is 10.0. The fourth-order valence-electron chi connectivity index (χ4n) is 2.55. The molecule has 5 nitrogen and oxygen atoms in total. The molecule has 0 spiro atoms. The van der Waals surface area contributed by atoms with E-state index >= 15 is 0 Å². The number of hydrogen-bond donors (Lipinski definition) is 0. The number of nitrogens with zero attached hydrogens (tertiary/aromatic N) is 2. The number of fused-ring (bicyclic) bond motifs is 2. The molecule has 0 bridgehead atoms. The van der Waals surface area contributed by atoms with Crippen LogP contribution in [0, 0.1) is 5.41 Å². The van der Waals surface area contributed by atoms with Crippen molar-refractivity contribution in [1.82, 2.24) is 0 Å². The summed E-state index contributed by atoms with van der Waals surface area (Å²) in [6, 6.07) is 15.6. The lowest BCUT2D eigenvalue weighted by Gasteiger charge is -2.20. The van der Waals surface area contributed by atoms with Gasteiger partial charge in [-0.2, -0.15) is 0 Å². The molecule has 0 saturated carbocycles. The highest BCUT2D eigenvalue weighted by Gasteiger charge is 2.39. The van der Waals surface area contributed by atoms with E-state index < -0.39 is 15.1 Å². The third-order valence-corrected chi connectivity index (χ3v) is 5.25. The highest BCUT2D eigenvalue weighted by atomic mass is 27.3. The largest absolute Gasteiger partial charge is 1.10 e. The molecule has 3 rings (SSSR count). The average molecular weight is 366 g/mol. The normalized spacial score (nSPS) is 16.7. The SMILES string of the molecule is C[O][Al]1[O]c2ccccc2C=NCC(C)(C)CN=Cc2ccccc2[O]1. The Morgan fingerprint density at radius 2 is 1.31 bits per heavy atom. The predicted molar refractivity (Wildman–Crippen MR) is 106 cm³/mol. The summed E-state index contributed by atoms with van der Waals surface area (Å²) in [7, 11) is 1.61. The zero-order valence-corrected chi connectivity index (χ0v) is 16.5. The van der Waals surface area contributed by atoms with Gasteiger partial charge >= 0.3 is 15.1 Å². The second-order valence-electron chi connectivity index (χ2n) is 6.94. The zero-order chi connectivity index (χ0) is 18.4. The van der Waals surface area contributed by atoms with E-state index in [0.717, 1.165) is 22.6 Å². The Hall–Kier alpha value is -2.13. The van der Waals surface area contributed by atoms with Gasteiger partial charge in [0.15, 0.2) is 0 Å². The summed E-state index contributed by atoms with van der Waals surface area (Å²) in [5.41, 5.74) is 1.79. The van der Waals surface area contributed by atoms with Gasteiger partial charge in [0, 0.05) is 49.2 Å². The predicted octanol–water partition coefficient (Wildman–Crippen LogP) is 3.65. The molecule has 2 aromatic rings. The van der Waals surface area contributed by atoms with Crippen LogP contribution in [0.1, 0.15) is 25.0 Å². The van der Waals surface area contributed by atoms with Crippen LogP contribution >= 0.6 is 0 Å². The molecule has 0 aromatic heterocycles. The van der Waals surface area contributed by atoms with E-state index in [2.05, 4.69) is 23.8 Å². The standard InChI is InChI=1S/C19H22N2O2.CH3O.Al/c1-19(2,13-20-11-15-7-3-5-9-17(15)22)14-21-12-16-8-4-6-10-18(16)23;1-2;/h3-12,22-23H,13-14H2,1-2H3;1H3;/q;-1;+3/p-2. The van der Waals surface area contributed by atoms with Crippen LogP contribution in [0.5, 0.6) is 11.5 Å². The fourth-order valence-corrected chi connectivity index (χ4v) is 3.63. The Morgan fingerprint density at radius 3 is 1.77 bits per heavy atom. The highest BCUT2D eigenvalue weighted by molar-refractivity contribution is 6.38. The second kappa shape index (κ2) is 8.50. The Bertz CT molecular complexity index is 742. The Labute approximate surface area is 159 Å². The van der Waals surface area contributed by atoms with Crippen LogP contribution in [-0.2, 0) is 3.79 Å². The van der Waals surface area contributed by atoms with Crippen molar-refractivity contribution >= 4 is 27.6 Å². The zero-order valence-electron chi connectivity index (χ0n) is 15.4. The number of hydrogen-bond acceptors (Lipinski definition) is 5. The van der Waals surface area contributed by atoms with Gasteiger partial charge in [-0.3, -0.25) is 9.98 Å². The van der Waals surface area contributed by atoms with E-state index in [-0.39, 0.29) is 5.41 Å². The summed E-state index contributed by atoms with van der Waals surface area (Å²) in [5, 5.41) is 0. The third kappa shape index (κ3) is 4.95. The molecule has 1 aliphatic rings. The molecule has 1 heterocycles. The summed E-state index contributed by atoms with van der Waals surface area (Å²) >= 11 is -2.41. The number of aliphatic imine (C=N–C) groups is 2. The quantitative estimate of drug-likeness (QED) is 0.724. The monoisotopic (exact) mass is 366 g/mol. The van der Waals surface area contributed by atoms with Crippen molar-refractivity contribution in [3.8, 4) is 11.5 Å². The van der Waals surface area contributed by atoms with Gasteiger partial charge in [-0.05, 0) is 24.3 Å². The lowest BCUT2D eigenvalue weighted by molar-refractivity contribution is 0.247. The van der Waals surface area contributed by atoms with Crippen LogP contribution < -0.4 is 7.58 Å². The first kappa shape index (κ1) is 18.7. The molecule has 0 aliphatic carbocycles. The third-order valence-electron chi connectivity index (χ3n) is 3.98. The van der Waals surface area contributed by atoms with Crippen LogP contribution in [0.3, 0.4) is 0 Å². The van der Waals surface area contributed by atoms with Crippen molar-refractivity contribution in [2.45, 2.75) is 13.8 Å². The van der Waals surface area contributed by atoms with Gasteiger partial charge in [-0.1, -0.05) is 38.1 Å². The van der Waals surface area contributed by atoms with Crippen molar-refractivity contribution in [3.05, 3.63) is 59.7 Å². The lowest BCUT2D eigenvalue weighted by Crippen LogP contribution is -2.33. The lowest BCUT2D eigenvalue weighted by atomic mass is 9.94. The fraction of sp³-hybridized carbons (Fsp3) is 0.300. The minimum atomic E-state index is -2.41. The highest BCUT2D eigenvalue weighted by Crippen LogP contribution is 2.23. The molecule has 0 N–H and O–H groups in total. The summed E-state index contributed by atoms with van der Waals surface area (Å²) in [5.74, 6) is 1.44. The molecule has 6 heteroatoms. The van der Waals surface area contributed by atoms with Crippen molar-refractivity contribution < 1.29 is 11.4 Å². The van der Waals surface area contributed by atoms with Crippen LogP contribution in [0.2, 0.25) is 0 Å². The van der Waals surface area contributed by atoms with E-state index in [9.17, 15) is 0 Å². The second-order valence-corrected chi connectivity index (χ2v) is 8.46. The maximum Gasteiger partial charge on any atom is 1.10 e. The summed E-state index contributed by atoms with van der Waals surface area (Å²) in [4.78, 5) is 9.21. The molecule has 2 aromatic carbocycles. The molecule has 0 saturated heterocycles. The molecule has 0 atom stereocenters.